The van der Waals surface area contributed by atoms with Gasteiger partial charge >= 0.3 is 0 Å². The highest BCUT2D eigenvalue weighted by Gasteiger charge is 2.28. The summed E-state index contributed by atoms with van der Waals surface area (Å²) >= 11 is 3.53. The number of benzene rings is 1. The molecule has 2 aromatic rings. The van der Waals surface area contributed by atoms with Gasteiger partial charge in [-0.15, -0.1) is 0 Å². The Labute approximate surface area is 122 Å². The van der Waals surface area contributed by atoms with Gasteiger partial charge in [-0.2, -0.15) is 0 Å². The molecule has 0 atom stereocenters. The summed E-state index contributed by atoms with van der Waals surface area (Å²) in [6.45, 7) is 3.36. The van der Waals surface area contributed by atoms with E-state index in [0.717, 1.165) is 22.1 Å². The minimum absolute atomic E-state index is 0.363. The number of imidazole rings is 1. The maximum Gasteiger partial charge on any atom is 0.201 e. The van der Waals surface area contributed by atoms with Gasteiger partial charge in [0.2, 0.25) is 5.95 Å². The molecule has 3 rings (SSSR count). The number of nitrogens with two attached hydrogens (primary N) is 1. The average Bonchev–Trinajstić information content (AvgIpc) is 2.67. The summed E-state index contributed by atoms with van der Waals surface area (Å²) in [5.74, 6) is 0.639. The topological polar surface area (TPSA) is 43.8 Å². The Hall–Kier alpha value is -1.03. The molecular formula is C15H20BrN3. The molecule has 3 nitrogen and oxygen atoms in total. The quantitative estimate of drug-likeness (QED) is 0.893. The lowest BCUT2D eigenvalue weighted by Crippen LogP contribution is -2.26. The van der Waals surface area contributed by atoms with E-state index in [1.54, 1.807) is 0 Å². The van der Waals surface area contributed by atoms with Gasteiger partial charge in [-0.1, -0.05) is 42.1 Å². The van der Waals surface area contributed by atoms with E-state index in [1.165, 1.54) is 32.1 Å². The summed E-state index contributed by atoms with van der Waals surface area (Å²) in [6.07, 6.45) is 6.64. The lowest BCUT2D eigenvalue weighted by molar-refractivity contribution is 0.186. The van der Waals surface area contributed by atoms with Crippen molar-refractivity contribution in [1.82, 2.24) is 9.55 Å². The zero-order chi connectivity index (χ0) is 13.5. The zero-order valence-corrected chi connectivity index (χ0v) is 12.9. The Bertz CT molecular complexity index is 597. The number of hydrogen-bond donors (Lipinski definition) is 1. The van der Waals surface area contributed by atoms with Gasteiger partial charge in [0.05, 0.1) is 11.0 Å². The molecule has 102 valence electrons. The van der Waals surface area contributed by atoms with Crippen LogP contribution in [0.3, 0.4) is 0 Å². The van der Waals surface area contributed by atoms with E-state index in [-0.39, 0.29) is 0 Å². The smallest absolute Gasteiger partial charge is 0.201 e. The molecule has 0 unspecified atom stereocenters. The van der Waals surface area contributed by atoms with Gasteiger partial charge in [-0.3, -0.25) is 0 Å². The SMILES string of the molecule is CC1(Cn2c(N)nc3ccc(Br)cc32)CCCCC1. The summed E-state index contributed by atoms with van der Waals surface area (Å²) in [4.78, 5) is 4.47. The first-order chi connectivity index (χ1) is 9.07. The Morgan fingerprint density at radius 3 is 2.79 bits per heavy atom. The van der Waals surface area contributed by atoms with Gasteiger partial charge in [-0.25, -0.2) is 4.98 Å². The number of aromatic nitrogens is 2. The van der Waals surface area contributed by atoms with Crippen LogP contribution in [-0.2, 0) is 6.54 Å². The van der Waals surface area contributed by atoms with E-state index in [1.807, 2.05) is 12.1 Å². The fraction of sp³-hybridized carbons (Fsp3) is 0.533. The van der Waals surface area contributed by atoms with Crippen LogP contribution in [0.5, 0.6) is 0 Å². The minimum Gasteiger partial charge on any atom is -0.369 e. The maximum absolute atomic E-state index is 6.12. The van der Waals surface area contributed by atoms with Gasteiger partial charge in [0.1, 0.15) is 0 Å². The number of anilines is 1. The van der Waals surface area contributed by atoms with Crippen LogP contribution in [-0.4, -0.2) is 9.55 Å². The predicted molar refractivity (Wildman–Crippen MR) is 83.0 cm³/mol. The van der Waals surface area contributed by atoms with Gasteiger partial charge in [0, 0.05) is 11.0 Å². The number of nitrogen functional groups attached to an aromatic ring is 1. The molecule has 0 aliphatic heterocycles. The maximum atomic E-state index is 6.12. The fourth-order valence-corrected chi connectivity index (χ4v) is 3.57. The van der Waals surface area contributed by atoms with Crippen molar-refractivity contribution in [2.24, 2.45) is 5.41 Å². The van der Waals surface area contributed by atoms with E-state index in [9.17, 15) is 0 Å². The highest BCUT2D eigenvalue weighted by molar-refractivity contribution is 9.10. The minimum atomic E-state index is 0.363. The summed E-state index contributed by atoms with van der Waals surface area (Å²) in [5.41, 5.74) is 8.60. The first-order valence-electron chi connectivity index (χ1n) is 6.99. The third kappa shape index (κ3) is 2.50. The van der Waals surface area contributed by atoms with Crippen LogP contribution in [0, 0.1) is 5.41 Å². The van der Waals surface area contributed by atoms with Crippen LogP contribution in [0.1, 0.15) is 39.0 Å². The Balaban J connectivity index is 1.99. The molecule has 0 spiro atoms. The molecule has 4 heteroatoms. The largest absolute Gasteiger partial charge is 0.369 e. The number of halogens is 1. The second-order valence-corrected chi connectivity index (χ2v) is 6.98. The van der Waals surface area contributed by atoms with Gasteiger partial charge in [0.15, 0.2) is 0 Å². The van der Waals surface area contributed by atoms with E-state index in [0.29, 0.717) is 11.4 Å². The number of hydrogen-bond acceptors (Lipinski definition) is 2. The van der Waals surface area contributed by atoms with Crippen molar-refractivity contribution in [1.29, 1.82) is 0 Å². The molecule has 0 saturated heterocycles. The Morgan fingerprint density at radius 2 is 2.05 bits per heavy atom. The standard InChI is InChI=1S/C15H20BrN3/c1-15(7-3-2-4-8-15)10-19-13-9-11(16)5-6-12(13)18-14(19)17/h5-6,9H,2-4,7-8,10H2,1H3,(H2,17,18). The number of rotatable bonds is 2. The summed E-state index contributed by atoms with van der Waals surface area (Å²) in [6, 6.07) is 6.15. The van der Waals surface area contributed by atoms with Crippen LogP contribution in [0.15, 0.2) is 22.7 Å². The van der Waals surface area contributed by atoms with E-state index >= 15 is 0 Å². The third-order valence-corrected chi connectivity index (χ3v) is 4.83. The van der Waals surface area contributed by atoms with Crippen LogP contribution in [0.25, 0.3) is 11.0 Å². The van der Waals surface area contributed by atoms with Crippen molar-refractivity contribution in [2.45, 2.75) is 45.6 Å². The predicted octanol–water partition coefficient (Wildman–Crippen LogP) is 4.35. The first kappa shape index (κ1) is 13.0. The molecule has 1 fully saturated rings. The normalized spacial score (nSPS) is 18.8. The van der Waals surface area contributed by atoms with Crippen molar-refractivity contribution in [3.8, 4) is 0 Å². The molecule has 2 N–H and O–H groups in total. The second-order valence-electron chi connectivity index (χ2n) is 6.06. The monoisotopic (exact) mass is 321 g/mol. The van der Waals surface area contributed by atoms with E-state index < -0.39 is 0 Å². The van der Waals surface area contributed by atoms with Gasteiger partial charge in [0.25, 0.3) is 0 Å². The fourth-order valence-electron chi connectivity index (χ4n) is 3.23. The molecular weight excluding hydrogens is 302 g/mol. The van der Waals surface area contributed by atoms with E-state index in [2.05, 4.69) is 38.5 Å². The van der Waals surface area contributed by atoms with Gasteiger partial charge in [-0.05, 0) is 36.5 Å². The van der Waals surface area contributed by atoms with Crippen molar-refractivity contribution in [3.63, 3.8) is 0 Å². The second kappa shape index (κ2) is 4.82. The zero-order valence-electron chi connectivity index (χ0n) is 11.3. The summed E-state index contributed by atoms with van der Waals surface area (Å²) in [7, 11) is 0. The van der Waals surface area contributed by atoms with Crippen molar-refractivity contribution in [3.05, 3.63) is 22.7 Å². The van der Waals surface area contributed by atoms with Crippen LogP contribution >= 0.6 is 15.9 Å². The highest BCUT2D eigenvalue weighted by Crippen LogP contribution is 2.38. The molecule has 1 aromatic heterocycles. The summed E-state index contributed by atoms with van der Waals surface area (Å²) in [5, 5.41) is 0. The van der Waals surface area contributed by atoms with Crippen LogP contribution in [0.4, 0.5) is 5.95 Å². The molecule has 0 bridgehead atoms. The lowest BCUT2D eigenvalue weighted by Gasteiger charge is -2.34. The van der Waals surface area contributed by atoms with Crippen LogP contribution < -0.4 is 5.73 Å². The molecule has 1 aliphatic rings. The molecule has 19 heavy (non-hydrogen) atoms. The van der Waals surface area contributed by atoms with Crippen molar-refractivity contribution in [2.75, 3.05) is 5.73 Å². The Morgan fingerprint density at radius 1 is 1.32 bits per heavy atom. The number of nitrogens with zero attached hydrogens (tertiary/aromatic N) is 2. The van der Waals surface area contributed by atoms with Crippen molar-refractivity contribution < 1.29 is 0 Å². The molecule has 1 aromatic carbocycles. The average molecular weight is 322 g/mol. The molecule has 1 aliphatic carbocycles. The Kier molecular flexibility index (Phi) is 3.29. The van der Waals surface area contributed by atoms with Crippen LogP contribution in [0.2, 0.25) is 0 Å². The van der Waals surface area contributed by atoms with E-state index in [4.69, 9.17) is 5.73 Å². The number of fused-ring (bicyclic) bond motifs is 1. The molecule has 0 amide bonds. The van der Waals surface area contributed by atoms with Gasteiger partial charge < -0.3 is 10.3 Å². The highest BCUT2D eigenvalue weighted by atomic mass is 79.9. The molecule has 0 radical (unpaired) electrons. The molecule has 1 heterocycles. The molecule has 1 saturated carbocycles. The lowest BCUT2D eigenvalue weighted by atomic mass is 9.75. The third-order valence-electron chi connectivity index (χ3n) is 4.34. The first-order valence-corrected chi connectivity index (χ1v) is 7.78. The summed E-state index contributed by atoms with van der Waals surface area (Å²) < 4.78 is 3.26. The van der Waals surface area contributed by atoms with Crippen molar-refractivity contribution >= 4 is 32.9 Å².